The molecule has 1 unspecified atom stereocenters. The molecule has 0 aromatic heterocycles. The van der Waals surface area contributed by atoms with Gasteiger partial charge in [0, 0.05) is 12.1 Å². The number of hydrazine groups is 1. The maximum absolute atomic E-state index is 14.9. The second-order valence-electron chi connectivity index (χ2n) is 8.96. The van der Waals surface area contributed by atoms with E-state index in [1.165, 1.54) is 0 Å². The Morgan fingerprint density at radius 3 is 2.00 bits per heavy atom. The van der Waals surface area contributed by atoms with E-state index >= 15 is 0 Å². The fraction of sp³-hybridized carbons (Fsp3) is 0.348. The molecular formula is C23H20Cl3F7N2O. The van der Waals surface area contributed by atoms with E-state index in [0.29, 0.717) is 6.07 Å². The molecule has 0 saturated heterocycles. The van der Waals surface area contributed by atoms with Crippen molar-refractivity contribution in [3.05, 3.63) is 73.7 Å². The van der Waals surface area contributed by atoms with Gasteiger partial charge in [-0.25, -0.2) is 9.82 Å². The molecule has 2 aromatic carbocycles. The maximum atomic E-state index is 14.9. The van der Waals surface area contributed by atoms with Crippen molar-refractivity contribution in [1.82, 2.24) is 10.9 Å². The van der Waals surface area contributed by atoms with Crippen LogP contribution in [0.5, 0.6) is 0 Å². The molecule has 0 heterocycles. The predicted molar refractivity (Wildman–Crippen MR) is 126 cm³/mol. The average Bonchev–Trinajstić information content (AvgIpc) is 2.72. The van der Waals surface area contributed by atoms with E-state index in [2.05, 4.69) is 10.9 Å². The highest BCUT2D eigenvalue weighted by Crippen LogP contribution is 2.42. The summed E-state index contributed by atoms with van der Waals surface area (Å²) in [5.41, 5.74) is 0.565. The van der Waals surface area contributed by atoms with Gasteiger partial charge in [0.25, 0.3) is 5.91 Å². The van der Waals surface area contributed by atoms with Crippen LogP contribution in [0.2, 0.25) is 15.1 Å². The molecule has 0 saturated carbocycles. The molecule has 0 aliphatic rings. The minimum absolute atomic E-state index is 0.0933. The summed E-state index contributed by atoms with van der Waals surface area (Å²) in [6.07, 6.45) is -10.1. The molecule has 1 atom stereocenters. The highest BCUT2D eigenvalue weighted by molar-refractivity contribution is 6.48. The van der Waals surface area contributed by atoms with Crippen LogP contribution in [0.1, 0.15) is 53.7 Å². The van der Waals surface area contributed by atoms with Gasteiger partial charge in [0.15, 0.2) is 0 Å². The van der Waals surface area contributed by atoms with Gasteiger partial charge in [-0.05, 0) is 41.3 Å². The van der Waals surface area contributed by atoms with Crippen LogP contribution in [0.3, 0.4) is 0 Å². The Bertz CT molecular complexity index is 1130. The van der Waals surface area contributed by atoms with Crippen LogP contribution in [0.4, 0.5) is 30.7 Å². The first kappa shape index (κ1) is 30.2. The standard InChI is InChI=1S/C23H20Cl3F7N2O/c1-21(2,3)10-34-35-20(36)13-5-4-11(6-15(13)23(31,32)33)18(27)9-14(22(28,29)30)12-7-16(24)19(26)17(25)8-12/h4-9,14,34H,10H2,1-3H3,(H,35,36). The number of carbonyl (C=O) groups excluding carboxylic acids is 1. The molecule has 2 N–H and O–H groups in total. The lowest BCUT2D eigenvalue weighted by Crippen LogP contribution is -2.42. The van der Waals surface area contributed by atoms with E-state index in [9.17, 15) is 35.5 Å². The lowest BCUT2D eigenvalue weighted by atomic mass is 9.95. The van der Waals surface area contributed by atoms with Crippen LogP contribution >= 0.6 is 34.8 Å². The summed E-state index contributed by atoms with van der Waals surface area (Å²) in [7, 11) is 0. The monoisotopic (exact) mass is 578 g/mol. The van der Waals surface area contributed by atoms with Gasteiger partial charge in [0.2, 0.25) is 0 Å². The first-order valence-corrected chi connectivity index (χ1v) is 11.3. The quantitative estimate of drug-likeness (QED) is 0.204. The summed E-state index contributed by atoms with van der Waals surface area (Å²) in [4.78, 5) is 12.3. The van der Waals surface area contributed by atoms with E-state index in [0.717, 1.165) is 18.2 Å². The molecule has 13 heteroatoms. The van der Waals surface area contributed by atoms with Crippen molar-refractivity contribution in [3.8, 4) is 0 Å². The lowest BCUT2D eigenvalue weighted by Gasteiger charge is -2.20. The Morgan fingerprint density at radius 1 is 0.972 bits per heavy atom. The number of alkyl halides is 6. The number of amides is 1. The van der Waals surface area contributed by atoms with Crippen molar-refractivity contribution in [2.45, 2.75) is 39.0 Å². The second-order valence-corrected chi connectivity index (χ2v) is 10.2. The summed E-state index contributed by atoms with van der Waals surface area (Å²) in [5, 5.41) is -0.859. The number of allylic oxidation sites excluding steroid dienone is 1. The maximum Gasteiger partial charge on any atom is 0.417 e. The van der Waals surface area contributed by atoms with Gasteiger partial charge in [0.05, 0.1) is 26.2 Å². The van der Waals surface area contributed by atoms with Crippen LogP contribution < -0.4 is 10.9 Å². The highest BCUT2D eigenvalue weighted by Gasteiger charge is 2.41. The molecular weight excluding hydrogens is 560 g/mol. The third kappa shape index (κ3) is 7.99. The fourth-order valence-electron chi connectivity index (χ4n) is 2.96. The number of carbonyl (C=O) groups is 1. The van der Waals surface area contributed by atoms with Crippen molar-refractivity contribution >= 4 is 46.5 Å². The molecule has 2 rings (SSSR count). The van der Waals surface area contributed by atoms with Crippen LogP contribution in [-0.4, -0.2) is 18.6 Å². The van der Waals surface area contributed by atoms with Crippen molar-refractivity contribution in [2.75, 3.05) is 6.54 Å². The predicted octanol–water partition coefficient (Wildman–Crippen LogP) is 8.60. The van der Waals surface area contributed by atoms with Crippen LogP contribution in [0.25, 0.3) is 5.83 Å². The van der Waals surface area contributed by atoms with Gasteiger partial charge in [-0.1, -0.05) is 61.6 Å². The van der Waals surface area contributed by atoms with Gasteiger partial charge in [-0.2, -0.15) is 26.3 Å². The Labute approximate surface area is 217 Å². The Morgan fingerprint density at radius 2 is 1.53 bits per heavy atom. The summed E-state index contributed by atoms with van der Waals surface area (Å²) in [5.74, 6) is -5.37. The first-order chi connectivity index (χ1) is 16.3. The Hall–Kier alpha value is -2.01. The molecule has 1 amide bonds. The smallest absolute Gasteiger partial charge is 0.287 e. The molecule has 0 aliphatic carbocycles. The molecule has 2 aromatic rings. The Balaban J connectivity index is 2.50. The normalized spacial score (nSPS) is 14.1. The zero-order valence-corrected chi connectivity index (χ0v) is 21.2. The van der Waals surface area contributed by atoms with E-state index in [4.69, 9.17) is 34.8 Å². The van der Waals surface area contributed by atoms with E-state index in [-0.39, 0.29) is 39.2 Å². The van der Waals surface area contributed by atoms with Gasteiger partial charge in [0.1, 0.15) is 11.7 Å². The van der Waals surface area contributed by atoms with Crippen LogP contribution in [0.15, 0.2) is 36.4 Å². The third-order valence-electron chi connectivity index (χ3n) is 4.70. The lowest BCUT2D eigenvalue weighted by molar-refractivity contribution is -0.140. The zero-order chi connectivity index (χ0) is 27.6. The van der Waals surface area contributed by atoms with Gasteiger partial charge in [-0.15, -0.1) is 0 Å². The van der Waals surface area contributed by atoms with E-state index < -0.39 is 52.3 Å². The van der Waals surface area contributed by atoms with E-state index in [1.807, 2.05) is 20.8 Å². The number of hydrogen-bond acceptors (Lipinski definition) is 2. The van der Waals surface area contributed by atoms with Crippen molar-refractivity contribution in [2.24, 2.45) is 5.41 Å². The van der Waals surface area contributed by atoms with Crippen LogP contribution in [-0.2, 0) is 6.18 Å². The van der Waals surface area contributed by atoms with Gasteiger partial charge >= 0.3 is 12.4 Å². The molecule has 0 spiro atoms. The highest BCUT2D eigenvalue weighted by atomic mass is 35.5. The number of rotatable bonds is 6. The molecule has 36 heavy (non-hydrogen) atoms. The van der Waals surface area contributed by atoms with Gasteiger partial charge in [-0.3, -0.25) is 10.2 Å². The van der Waals surface area contributed by atoms with Gasteiger partial charge < -0.3 is 0 Å². The molecule has 0 bridgehead atoms. The molecule has 3 nitrogen and oxygen atoms in total. The summed E-state index contributed by atoms with van der Waals surface area (Å²) in [6.45, 7) is 5.68. The van der Waals surface area contributed by atoms with Crippen molar-refractivity contribution in [1.29, 1.82) is 0 Å². The molecule has 0 fully saturated rings. The number of halogens is 10. The minimum atomic E-state index is -5.10. The molecule has 198 valence electrons. The summed E-state index contributed by atoms with van der Waals surface area (Å²) in [6, 6.07) is 3.38. The van der Waals surface area contributed by atoms with Crippen molar-refractivity contribution < 1.29 is 35.5 Å². The SMILES string of the molecule is CC(C)(C)CNNC(=O)c1ccc(C(F)=CC(c2cc(Cl)c(Cl)c(Cl)c2)C(F)(F)F)cc1C(F)(F)F. The third-order valence-corrected chi connectivity index (χ3v) is 5.89. The number of hydrogen-bond donors (Lipinski definition) is 2. The topological polar surface area (TPSA) is 41.1 Å². The second kappa shape index (κ2) is 11.2. The van der Waals surface area contributed by atoms with E-state index in [1.54, 1.807) is 0 Å². The number of benzene rings is 2. The largest absolute Gasteiger partial charge is 0.417 e. The number of nitrogens with one attached hydrogen (secondary N) is 2. The molecule has 0 aliphatic heterocycles. The van der Waals surface area contributed by atoms with Crippen LogP contribution in [0, 0.1) is 5.41 Å². The first-order valence-electron chi connectivity index (χ1n) is 10.1. The van der Waals surface area contributed by atoms with Crippen molar-refractivity contribution in [3.63, 3.8) is 0 Å². The zero-order valence-electron chi connectivity index (χ0n) is 18.9. The molecule has 0 radical (unpaired) electrons. The minimum Gasteiger partial charge on any atom is -0.287 e. The summed E-state index contributed by atoms with van der Waals surface area (Å²) >= 11 is 17.3. The Kier molecular flexibility index (Phi) is 9.37. The average molecular weight is 580 g/mol. The summed E-state index contributed by atoms with van der Waals surface area (Å²) < 4.78 is 97.0. The fourth-order valence-corrected chi connectivity index (χ4v) is 3.57.